The first-order chi connectivity index (χ1) is 9.49. The summed E-state index contributed by atoms with van der Waals surface area (Å²) >= 11 is 0. The molecule has 1 unspecified atom stereocenters. The summed E-state index contributed by atoms with van der Waals surface area (Å²) in [6.45, 7) is 8.28. The highest BCUT2D eigenvalue weighted by molar-refractivity contribution is 5.97. The second kappa shape index (κ2) is 7.75. The predicted octanol–water partition coefficient (Wildman–Crippen LogP) is 2.17. The maximum absolute atomic E-state index is 8.73. The summed E-state index contributed by atoms with van der Waals surface area (Å²) in [5.74, 6) is 2.15. The van der Waals surface area contributed by atoms with Gasteiger partial charge >= 0.3 is 0 Å². The first-order valence-corrected chi connectivity index (χ1v) is 6.85. The van der Waals surface area contributed by atoms with Crippen LogP contribution in [0.15, 0.2) is 23.4 Å². The molecule has 5 heteroatoms. The molecule has 112 valence electrons. The third kappa shape index (κ3) is 4.42. The Morgan fingerprint density at radius 3 is 2.65 bits per heavy atom. The third-order valence-electron chi connectivity index (χ3n) is 3.60. The quantitative estimate of drug-likeness (QED) is 0.309. The molecule has 0 heterocycles. The molecule has 5 nitrogen and oxygen atoms in total. The van der Waals surface area contributed by atoms with Crippen LogP contribution < -0.4 is 15.8 Å². The van der Waals surface area contributed by atoms with Crippen LogP contribution >= 0.6 is 0 Å². The Hall–Kier alpha value is -1.75. The number of methoxy groups -OCH3 is 1. The summed E-state index contributed by atoms with van der Waals surface area (Å²) in [4.78, 5) is 0. The Kier molecular flexibility index (Phi) is 6.31. The lowest BCUT2D eigenvalue weighted by molar-refractivity contribution is 0.318. The van der Waals surface area contributed by atoms with Crippen LogP contribution in [0.4, 0.5) is 0 Å². The number of hydrogen-bond acceptors (Lipinski definition) is 4. The van der Waals surface area contributed by atoms with Gasteiger partial charge in [-0.05, 0) is 36.6 Å². The van der Waals surface area contributed by atoms with E-state index in [-0.39, 0.29) is 5.84 Å². The van der Waals surface area contributed by atoms with Crippen LogP contribution in [0.25, 0.3) is 0 Å². The standard InChI is InChI=1S/C15H25N3O2/c1-10(2)11(3)8-17-9-13-7-12(15(16)18-19)5-6-14(13)20-4/h5-7,10-11,17,19H,8-9H2,1-4H3,(H2,16,18). The zero-order chi connectivity index (χ0) is 15.1. The zero-order valence-corrected chi connectivity index (χ0v) is 12.7. The van der Waals surface area contributed by atoms with Crippen molar-refractivity contribution in [3.05, 3.63) is 29.3 Å². The van der Waals surface area contributed by atoms with Crippen LogP contribution in [-0.4, -0.2) is 24.7 Å². The first-order valence-electron chi connectivity index (χ1n) is 6.85. The van der Waals surface area contributed by atoms with Gasteiger partial charge in [-0.15, -0.1) is 0 Å². The van der Waals surface area contributed by atoms with E-state index in [4.69, 9.17) is 15.7 Å². The lowest BCUT2D eigenvalue weighted by Gasteiger charge is -2.17. The Morgan fingerprint density at radius 1 is 1.40 bits per heavy atom. The van der Waals surface area contributed by atoms with Gasteiger partial charge in [0, 0.05) is 17.7 Å². The molecule has 0 aliphatic carbocycles. The second-order valence-corrected chi connectivity index (χ2v) is 5.36. The number of nitrogens with one attached hydrogen (secondary N) is 1. The zero-order valence-electron chi connectivity index (χ0n) is 12.7. The van der Waals surface area contributed by atoms with E-state index in [0.29, 0.717) is 23.9 Å². The normalized spacial score (nSPS) is 13.6. The van der Waals surface area contributed by atoms with Crippen molar-refractivity contribution in [1.82, 2.24) is 5.32 Å². The van der Waals surface area contributed by atoms with Gasteiger partial charge in [0.25, 0.3) is 0 Å². The second-order valence-electron chi connectivity index (χ2n) is 5.36. The van der Waals surface area contributed by atoms with E-state index in [1.54, 1.807) is 13.2 Å². The van der Waals surface area contributed by atoms with Gasteiger partial charge in [-0.1, -0.05) is 25.9 Å². The maximum atomic E-state index is 8.73. The Labute approximate surface area is 120 Å². The lowest BCUT2D eigenvalue weighted by Crippen LogP contribution is -2.24. The van der Waals surface area contributed by atoms with Crippen LogP contribution in [-0.2, 0) is 6.54 Å². The van der Waals surface area contributed by atoms with E-state index in [2.05, 4.69) is 31.2 Å². The summed E-state index contributed by atoms with van der Waals surface area (Å²) < 4.78 is 5.34. The molecule has 0 saturated heterocycles. The fourth-order valence-electron chi connectivity index (χ4n) is 1.80. The summed E-state index contributed by atoms with van der Waals surface area (Å²) in [7, 11) is 1.64. The molecule has 1 rings (SSSR count). The van der Waals surface area contributed by atoms with Crippen molar-refractivity contribution in [2.45, 2.75) is 27.3 Å². The number of nitrogens with zero attached hydrogens (tertiary/aromatic N) is 1. The summed E-state index contributed by atoms with van der Waals surface area (Å²) in [6.07, 6.45) is 0. The van der Waals surface area contributed by atoms with Crippen molar-refractivity contribution in [3.63, 3.8) is 0 Å². The van der Waals surface area contributed by atoms with Gasteiger partial charge in [-0.2, -0.15) is 0 Å². The maximum Gasteiger partial charge on any atom is 0.170 e. The SMILES string of the molecule is COc1ccc(/C(N)=N/O)cc1CNCC(C)C(C)C. The van der Waals surface area contributed by atoms with Gasteiger partial charge in [-0.25, -0.2) is 0 Å². The van der Waals surface area contributed by atoms with Gasteiger partial charge in [0.1, 0.15) is 5.75 Å². The summed E-state index contributed by atoms with van der Waals surface area (Å²) in [5, 5.41) is 15.2. The van der Waals surface area contributed by atoms with Crippen LogP contribution in [0.2, 0.25) is 0 Å². The van der Waals surface area contributed by atoms with Crippen molar-refractivity contribution in [2.24, 2.45) is 22.7 Å². The minimum absolute atomic E-state index is 0.101. The van der Waals surface area contributed by atoms with Crippen molar-refractivity contribution in [2.75, 3.05) is 13.7 Å². The van der Waals surface area contributed by atoms with Gasteiger partial charge in [0.2, 0.25) is 0 Å². The average molecular weight is 279 g/mol. The average Bonchev–Trinajstić information content (AvgIpc) is 2.45. The minimum atomic E-state index is 0.101. The van der Waals surface area contributed by atoms with Gasteiger partial charge in [0.15, 0.2) is 5.84 Å². The minimum Gasteiger partial charge on any atom is -0.496 e. The highest BCUT2D eigenvalue weighted by Gasteiger charge is 2.09. The molecule has 1 aromatic rings. The topological polar surface area (TPSA) is 79.9 Å². The molecular weight excluding hydrogens is 254 g/mol. The Morgan fingerprint density at radius 2 is 2.10 bits per heavy atom. The van der Waals surface area contributed by atoms with Gasteiger partial charge < -0.3 is 21.0 Å². The summed E-state index contributed by atoms with van der Waals surface area (Å²) in [5.41, 5.74) is 7.29. The molecule has 0 saturated carbocycles. The molecule has 0 aliphatic rings. The number of amidine groups is 1. The number of rotatable bonds is 7. The molecule has 0 aliphatic heterocycles. The van der Waals surface area contributed by atoms with Gasteiger partial charge in [-0.3, -0.25) is 0 Å². The first kappa shape index (κ1) is 16.3. The van der Waals surface area contributed by atoms with Gasteiger partial charge in [0.05, 0.1) is 7.11 Å². The van der Waals surface area contributed by atoms with Crippen LogP contribution in [0, 0.1) is 11.8 Å². The number of nitrogens with two attached hydrogens (primary N) is 1. The predicted molar refractivity (Wildman–Crippen MR) is 81.2 cm³/mol. The van der Waals surface area contributed by atoms with E-state index in [0.717, 1.165) is 17.9 Å². The highest BCUT2D eigenvalue weighted by Crippen LogP contribution is 2.20. The van der Waals surface area contributed by atoms with E-state index in [1.165, 1.54) is 0 Å². The van der Waals surface area contributed by atoms with E-state index < -0.39 is 0 Å². The molecule has 0 amide bonds. The molecule has 0 aromatic heterocycles. The van der Waals surface area contributed by atoms with Crippen molar-refractivity contribution < 1.29 is 9.94 Å². The van der Waals surface area contributed by atoms with Crippen molar-refractivity contribution in [3.8, 4) is 5.75 Å². The van der Waals surface area contributed by atoms with E-state index in [9.17, 15) is 0 Å². The van der Waals surface area contributed by atoms with Crippen LogP contribution in [0.5, 0.6) is 5.75 Å². The van der Waals surface area contributed by atoms with Crippen LogP contribution in [0.1, 0.15) is 31.9 Å². The van der Waals surface area contributed by atoms with Crippen LogP contribution in [0.3, 0.4) is 0 Å². The number of benzene rings is 1. The van der Waals surface area contributed by atoms with Crippen molar-refractivity contribution in [1.29, 1.82) is 0 Å². The molecular formula is C15H25N3O2. The fraction of sp³-hybridized carbons (Fsp3) is 0.533. The van der Waals surface area contributed by atoms with E-state index >= 15 is 0 Å². The Balaban J connectivity index is 2.76. The van der Waals surface area contributed by atoms with E-state index in [1.807, 2.05) is 12.1 Å². The fourth-order valence-corrected chi connectivity index (χ4v) is 1.80. The van der Waals surface area contributed by atoms with Crippen molar-refractivity contribution >= 4 is 5.84 Å². The molecule has 0 bridgehead atoms. The molecule has 20 heavy (non-hydrogen) atoms. The smallest absolute Gasteiger partial charge is 0.170 e. The number of ether oxygens (including phenoxy) is 1. The Bertz CT molecular complexity index is 458. The molecule has 0 fully saturated rings. The molecule has 1 atom stereocenters. The molecule has 4 N–H and O–H groups in total. The monoisotopic (exact) mass is 279 g/mol. The largest absolute Gasteiger partial charge is 0.496 e. The number of oxime groups is 1. The lowest BCUT2D eigenvalue weighted by atomic mass is 9.98. The third-order valence-corrected chi connectivity index (χ3v) is 3.60. The molecule has 1 aromatic carbocycles. The number of hydrogen-bond donors (Lipinski definition) is 3. The highest BCUT2D eigenvalue weighted by atomic mass is 16.5. The molecule has 0 spiro atoms. The summed E-state index contributed by atoms with van der Waals surface area (Å²) in [6, 6.07) is 5.48. The molecule has 0 radical (unpaired) electrons.